The quantitative estimate of drug-likeness (QED) is 0.561. The Morgan fingerprint density at radius 2 is 1.24 bits per heavy atom. The Balaban J connectivity index is 2.23. The number of ketones is 1. The molecule has 100 valence electrons. The summed E-state index contributed by atoms with van der Waals surface area (Å²) in [4.78, 5) is 11.7. The van der Waals surface area contributed by atoms with Gasteiger partial charge in [-0.1, -0.05) is 71.1 Å². The lowest BCUT2D eigenvalue weighted by molar-refractivity contribution is -0.120. The van der Waals surface area contributed by atoms with Gasteiger partial charge in [0.25, 0.3) is 0 Å². The van der Waals surface area contributed by atoms with Gasteiger partial charge in [0, 0.05) is 12.8 Å². The third-order valence-electron chi connectivity index (χ3n) is 3.98. The molecule has 0 aromatic carbocycles. The average Bonchev–Trinajstić information content (AvgIpc) is 2.30. The van der Waals surface area contributed by atoms with Crippen LogP contribution in [0.5, 0.6) is 0 Å². The second kappa shape index (κ2) is 9.67. The molecule has 0 radical (unpaired) electrons. The zero-order chi connectivity index (χ0) is 12.3. The Morgan fingerprint density at radius 1 is 0.765 bits per heavy atom. The fourth-order valence-electron chi connectivity index (χ4n) is 2.82. The van der Waals surface area contributed by atoms with E-state index in [-0.39, 0.29) is 0 Å². The number of Topliss-reactive ketones (excluding diaryl/α,β-unsaturated/α-hetero) is 1. The summed E-state index contributed by atoms with van der Waals surface area (Å²) in [5, 5.41) is 0. The van der Waals surface area contributed by atoms with Gasteiger partial charge in [0.1, 0.15) is 5.78 Å². The maximum atomic E-state index is 11.7. The standard InChI is InChI=1S/C16H30O/c1-15-12-10-8-6-4-2-3-5-7-9-11-13-16(17)14-15/h15H,2-14H2,1H3/t15-/m0/s1. The van der Waals surface area contributed by atoms with Crippen LogP contribution in [0.25, 0.3) is 0 Å². The van der Waals surface area contributed by atoms with Gasteiger partial charge in [-0.25, -0.2) is 0 Å². The van der Waals surface area contributed by atoms with Crippen LogP contribution in [0.3, 0.4) is 0 Å². The third-order valence-corrected chi connectivity index (χ3v) is 3.98. The first-order valence-electron chi connectivity index (χ1n) is 7.81. The van der Waals surface area contributed by atoms with Gasteiger partial charge in [-0.3, -0.25) is 4.79 Å². The van der Waals surface area contributed by atoms with Gasteiger partial charge >= 0.3 is 0 Å². The Bertz CT molecular complexity index is 198. The van der Waals surface area contributed by atoms with E-state index < -0.39 is 0 Å². The molecule has 1 saturated carbocycles. The second-order valence-electron chi connectivity index (χ2n) is 5.92. The topological polar surface area (TPSA) is 17.1 Å². The average molecular weight is 238 g/mol. The lowest BCUT2D eigenvalue weighted by atomic mass is 9.95. The van der Waals surface area contributed by atoms with E-state index in [0.29, 0.717) is 11.7 Å². The van der Waals surface area contributed by atoms with Crippen molar-refractivity contribution in [2.24, 2.45) is 5.92 Å². The molecule has 1 fully saturated rings. The first kappa shape index (κ1) is 14.7. The summed E-state index contributed by atoms with van der Waals surface area (Å²) >= 11 is 0. The maximum absolute atomic E-state index is 11.7. The summed E-state index contributed by atoms with van der Waals surface area (Å²) in [6, 6.07) is 0. The molecule has 0 unspecified atom stereocenters. The van der Waals surface area contributed by atoms with Gasteiger partial charge in [-0.15, -0.1) is 0 Å². The molecule has 0 aromatic rings. The van der Waals surface area contributed by atoms with Gasteiger partial charge in [-0.05, 0) is 12.3 Å². The van der Waals surface area contributed by atoms with Crippen LogP contribution in [-0.2, 0) is 4.79 Å². The van der Waals surface area contributed by atoms with Crippen molar-refractivity contribution >= 4 is 5.78 Å². The van der Waals surface area contributed by atoms with Gasteiger partial charge in [0.2, 0.25) is 0 Å². The minimum Gasteiger partial charge on any atom is -0.300 e. The van der Waals surface area contributed by atoms with Crippen molar-refractivity contribution in [1.29, 1.82) is 0 Å². The van der Waals surface area contributed by atoms with Gasteiger partial charge in [0.15, 0.2) is 0 Å². The predicted molar refractivity (Wildman–Crippen MR) is 74.2 cm³/mol. The summed E-state index contributed by atoms with van der Waals surface area (Å²) in [5.41, 5.74) is 0. The molecule has 0 aromatic heterocycles. The summed E-state index contributed by atoms with van der Waals surface area (Å²) in [6.07, 6.45) is 16.4. The van der Waals surface area contributed by atoms with E-state index in [0.717, 1.165) is 19.3 Å². The fraction of sp³-hybridized carbons (Fsp3) is 0.938. The first-order chi connectivity index (χ1) is 8.29. The van der Waals surface area contributed by atoms with Gasteiger partial charge in [-0.2, -0.15) is 0 Å². The van der Waals surface area contributed by atoms with Crippen LogP contribution in [0.2, 0.25) is 0 Å². The van der Waals surface area contributed by atoms with Crippen molar-refractivity contribution in [2.45, 2.75) is 90.4 Å². The van der Waals surface area contributed by atoms with Crippen molar-refractivity contribution in [2.75, 3.05) is 0 Å². The molecule has 1 nitrogen and oxygen atoms in total. The molecule has 1 atom stereocenters. The first-order valence-corrected chi connectivity index (χ1v) is 7.81. The zero-order valence-corrected chi connectivity index (χ0v) is 11.7. The van der Waals surface area contributed by atoms with E-state index in [4.69, 9.17) is 0 Å². The Kier molecular flexibility index (Phi) is 8.38. The van der Waals surface area contributed by atoms with Crippen LogP contribution in [0, 0.1) is 5.92 Å². The molecule has 1 rings (SSSR count). The van der Waals surface area contributed by atoms with Gasteiger partial charge < -0.3 is 0 Å². The molecule has 17 heavy (non-hydrogen) atoms. The van der Waals surface area contributed by atoms with Crippen LogP contribution in [0.15, 0.2) is 0 Å². The lowest BCUT2D eigenvalue weighted by Crippen LogP contribution is -2.05. The van der Waals surface area contributed by atoms with E-state index >= 15 is 0 Å². The van der Waals surface area contributed by atoms with Crippen LogP contribution in [-0.4, -0.2) is 5.78 Å². The molecule has 0 aliphatic heterocycles. The molecule has 0 spiro atoms. The van der Waals surface area contributed by atoms with Crippen molar-refractivity contribution in [3.05, 3.63) is 0 Å². The number of rotatable bonds is 0. The largest absolute Gasteiger partial charge is 0.300 e. The Morgan fingerprint density at radius 3 is 1.82 bits per heavy atom. The predicted octanol–water partition coefficient (Wildman–Crippen LogP) is 5.28. The fourth-order valence-corrected chi connectivity index (χ4v) is 2.82. The normalized spacial score (nSPS) is 27.1. The van der Waals surface area contributed by atoms with Crippen molar-refractivity contribution < 1.29 is 4.79 Å². The molecular weight excluding hydrogens is 208 g/mol. The molecule has 0 N–H and O–H groups in total. The molecule has 0 heterocycles. The Hall–Kier alpha value is -0.330. The molecular formula is C16H30O. The highest BCUT2D eigenvalue weighted by atomic mass is 16.1. The van der Waals surface area contributed by atoms with E-state index in [1.807, 2.05) is 0 Å². The smallest absolute Gasteiger partial charge is 0.133 e. The Labute approximate surface area is 107 Å². The number of carbonyl (C=O) groups is 1. The number of hydrogen-bond acceptors (Lipinski definition) is 1. The highest BCUT2D eigenvalue weighted by molar-refractivity contribution is 5.78. The highest BCUT2D eigenvalue weighted by Gasteiger charge is 2.09. The van der Waals surface area contributed by atoms with Crippen molar-refractivity contribution in [3.8, 4) is 0 Å². The zero-order valence-electron chi connectivity index (χ0n) is 11.7. The minimum absolute atomic E-state index is 0.507. The molecule has 0 saturated heterocycles. The van der Waals surface area contributed by atoms with E-state index in [9.17, 15) is 4.79 Å². The second-order valence-corrected chi connectivity index (χ2v) is 5.92. The summed E-state index contributed by atoms with van der Waals surface area (Å²) < 4.78 is 0. The molecule has 1 aliphatic rings. The summed E-state index contributed by atoms with van der Waals surface area (Å²) in [6.45, 7) is 2.25. The van der Waals surface area contributed by atoms with E-state index in [1.165, 1.54) is 64.2 Å². The monoisotopic (exact) mass is 238 g/mol. The SMILES string of the molecule is C[C@H]1CCCCCCCCCCCCC(=O)C1. The number of hydrogen-bond donors (Lipinski definition) is 0. The summed E-state index contributed by atoms with van der Waals surface area (Å²) in [5.74, 6) is 1.13. The third kappa shape index (κ3) is 8.40. The lowest BCUT2D eigenvalue weighted by Gasteiger charge is -2.10. The molecule has 1 aliphatic carbocycles. The van der Waals surface area contributed by atoms with E-state index in [1.54, 1.807) is 0 Å². The van der Waals surface area contributed by atoms with E-state index in [2.05, 4.69) is 6.92 Å². The minimum atomic E-state index is 0.507. The van der Waals surface area contributed by atoms with Crippen LogP contribution < -0.4 is 0 Å². The number of carbonyl (C=O) groups excluding carboxylic acids is 1. The van der Waals surface area contributed by atoms with Crippen molar-refractivity contribution in [1.82, 2.24) is 0 Å². The highest BCUT2D eigenvalue weighted by Crippen LogP contribution is 2.18. The molecule has 1 heteroatoms. The molecule has 0 amide bonds. The van der Waals surface area contributed by atoms with Crippen LogP contribution >= 0.6 is 0 Å². The van der Waals surface area contributed by atoms with Gasteiger partial charge in [0.05, 0.1) is 0 Å². The molecule has 0 bridgehead atoms. The maximum Gasteiger partial charge on any atom is 0.133 e. The van der Waals surface area contributed by atoms with Crippen LogP contribution in [0.4, 0.5) is 0 Å². The van der Waals surface area contributed by atoms with Crippen molar-refractivity contribution in [3.63, 3.8) is 0 Å². The summed E-state index contributed by atoms with van der Waals surface area (Å²) in [7, 11) is 0. The van der Waals surface area contributed by atoms with Crippen LogP contribution in [0.1, 0.15) is 90.4 Å².